The van der Waals surface area contributed by atoms with Crippen molar-refractivity contribution in [2.45, 2.75) is 6.04 Å². The number of halogens is 1. The fourth-order valence-corrected chi connectivity index (χ4v) is 3.30. The fraction of sp³-hybridized carbons (Fsp3) is 0.158. The molecule has 2 aromatic rings. The van der Waals surface area contributed by atoms with E-state index in [9.17, 15) is 9.59 Å². The maximum atomic E-state index is 13.1. The first-order valence-electron chi connectivity index (χ1n) is 7.98. The van der Waals surface area contributed by atoms with Gasteiger partial charge in [0.2, 0.25) is 6.79 Å². The van der Waals surface area contributed by atoms with Crippen molar-refractivity contribution in [1.29, 1.82) is 0 Å². The van der Waals surface area contributed by atoms with Crippen LogP contribution < -0.4 is 20.1 Å². The Balaban J connectivity index is 1.72. The lowest BCUT2D eigenvalue weighted by molar-refractivity contribution is 0.0905. The molecule has 0 unspecified atom stereocenters. The van der Waals surface area contributed by atoms with Crippen LogP contribution in [0.2, 0.25) is 5.02 Å². The largest absolute Gasteiger partial charge is 0.454 e. The molecule has 4 rings (SSSR count). The maximum Gasteiger partial charge on any atom is 0.319 e. The molecule has 7 heteroatoms. The van der Waals surface area contributed by atoms with Gasteiger partial charge in [-0.2, -0.15) is 0 Å². The van der Waals surface area contributed by atoms with Crippen LogP contribution in [-0.2, 0) is 0 Å². The number of nitrogens with one attached hydrogen (secondary N) is 2. The first-order valence-corrected chi connectivity index (χ1v) is 8.36. The lowest BCUT2D eigenvalue weighted by Gasteiger charge is -2.34. The number of hydrogen-bond donors (Lipinski definition) is 2. The Bertz CT molecular complexity index is 910. The molecule has 132 valence electrons. The molecule has 0 aliphatic carbocycles. The van der Waals surface area contributed by atoms with Gasteiger partial charge in [0.25, 0.3) is 0 Å². The third kappa shape index (κ3) is 2.88. The number of benzene rings is 2. The summed E-state index contributed by atoms with van der Waals surface area (Å²) in [5.41, 5.74) is 1.57. The third-order valence-corrected chi connectivity index (χ3v) is 4.69. The van der Waals surface area contributed by atoms with Crippen molar-refractivity contribution in [2.75, 3.05) is 6.79 Å². The van der Waals surface area contributed by atoms with E-state index in [4.69, 9.17) is 21.1 Å². The van der Waals surface area contributed by atoms with Crippen molar-refractivity contribution in [3.63, 3.8) is 0 Å². The molecular formula is C19H15ClN2O4. The maximum absolute atomic E-state index is 13.1. The number of fused-ring (bicyclic) bond motifs is 1. The second-order valence-electron chi connectivity index (χ2n) is 6.06. The normalized spacial score (nSPS) is 21.1. The number of rotatable bonds is 3. The summed E-state index contributed by atoms with van der Waals surface area (Å²) >= 11 is 5.90. The molecular weight excluding hydrogens is 356 g/mol. The Morgan fingerprint density at radius 3 is 2.62 bits per heavy atom. The number of carbonyl (C=O) groups excluding carboxylic acids is 2. The van der Waals surface area contributed by atoms with Crippen molar-refractivity contribution in [3.05, 3.63) is 70.9 Å². The topological polar surface area (TPSA) is 76.7 Å². The van der Waals surface area contributed by atoms with Crippen LogP contribution in [0.25, 0.3) is 0 Å². The zero-order valence-corrected chi connectivity index (χ0v) is 14.4. The molecule has 2 amide bonds. The Labute approximate surface area is 154 Å². The average Bonchev–Trinajstić information content (AvgIpc) is 3.09. The number of amides is 2. The first kappa shape index (κ1) is 16.5. The van der Waals surface area contributed by atoms with Gasteiger partial charge in [0, 0.05) is 16.3 Å². The highest BCUT2D eigenvalue weighted by molar-refractivity contribution is 6.30. The number of urea groups is 1. The van der Waals surface area contributed by atoms with E-state index >= 15 is 0 Å². The molecule has 2 atom stereocenters. The van der Waals surface area contributed by atoms with E-state index in [-0.39, 0.29) is 12.6 Å². The van der Waals surface area contributed by atoms with Crippen molar-refractivity contribution >= 4 is 23.4 Å². The number of ether oxygens (including phenoxy) is 2. The van der Waals surface area contributed by atoms with Crippen LogP contribution in [0.1, 0.15) is 22.0 Å². The molecule has 0 bridgehead atoms. The summed E-state index contributed by atoms with van der Waals surface area (Å²) in [6.45, 7) is 4.03. The van der Waals surface area contributed by atoms with E-state index in [1.165, 1.54) is 0 Å². The molecule has 0 aromatic heterocycles. The Morgan fingerprint density at radius 2 is 1.85 bits per heavy atom. The molecule has 2 aliphatic heterocycles. The van der Waals surface area contributed by atoms with Gasteiger partial charge in [-0.3, -0.25) is 4.79 Å². The predicted octanol–water partition coefficient (Wildman–Crippen LogP) is 3.44. The van der Waals surface area contributed by atoms with Gasteiger partial charge >= 0.3 is 6.03 Å². The lowest BCUT2D eigenvalue weighted by Crippen LogP contribution is -2.50. The molecule has 1 fully saturated rings. The molecule has 0 spiro atoms. The van der Waals surface area contributed by atoms with E-state index in [2.05, 4.69) is 17.2 Å². The Kier molecular flexibility index (Phi) is 4.05. The van der Waals surface area contributed by atoms with E-state index in [1.54, 1.807) is 42.5 Å². The van der Waals surface area contributed by atoms with Crippen LogP contribution in [0.3, 0.4) is 0 Å². The van der Waals surface area contributed by atoms with E-state index in [0.717, 1.165) is 5.56 Å². The van der Waals surface area contributed by atoms with Crippen molar-refractivity contribution in [3.8, 4) is 11.5 Å². The summed E-state index contributed by atoms with van der Waals surface area (Å²) in [6, 6.07) is 11.0. The zero-order valence-electron chi connectivity index (χ0n) is 13.6. The monoisotopic (exact) mass is 370 g/mol. The summed E-state index contributed by atoms with van der Waals surface area (Å²) in [6.07, 6.45) is 0. The van der Waals surface area contributed by atoms with Crippen LogP contribution in [-0.4, -0.2) is 18.6 Å². The smallest absolute Gasteiger partial charge is 0.319 e. The quantitative estimate of drug-likeness (QED) is 0.811. The highest BCUT2D eigenvalue weighted by Crippen LogP contribution is 2.38. The number of hydrogen-bond acceptors (Lipinski definition) is 4. The summed E-state index contributed by atoms with van der Waals surface area (Å²) in [5.74, 6) is 0.378. The minimum Gasteiger partial charge on any atom is -0.454 e. The Morgan fingerprint density at radius 1 is 1.12 bits per heavy atom. The van der Waals surface area contributed by atoms with Gasteiger partial charge in [0.05, 0.1) is 12.0 Å². The second-order valence-corrected chi connectivity index (χ2v) is 6.50. The van der Waals surface area contributed by atoms with E-state index in [0.29, 0.717) is 27.8 Å². The van der Waals surface area contributed by atoms with Crippen molar-refractivity contribution in [2.24, 2.45) is 5.92 Å². The van der Waals surface area contributed by atoms with Gasteiger partial charge in [-0.15, -0.1) is 0 Å². The summed E-state index contributed by atoms with van der Waals surface area (Å²) in [5, 5.41) is 5.95. The highest BCUT2D eigenvalue weighted by atomic mass is 35.5. The molecule has 0 radical (unpaired) electrons. The zero-order chi connectivity index (χ0) is 18.3. The molecule has 2 aromatic carbocycles. The summed E-state index contributed by atoms with van der Waals surface area (Å²) < 4.78 is 10.7. The molecule has 1 saturated heterocycles. The van der Waals surface area contributed by atoms with Crippen LogP contribution in [0.5, 0.6) is 11.5 Å². The van der Waals surface area contributed by atoms with Gasteiger partial charge in [-0.05, 0) is 42.0 Å². The summed E-state index contributed by atoms with van der Waals surface area (Å²) in [4.78, 5) is 25.1. The molecule has 2 N–H and O–H groups in total. The van der Waals surface area contributed by atoms with Gasteiger partial charge in [-0.25, -0.2) is 4.79 Å². The minimum atomic E-state index is -0.672. The van der Waals surface area contributed by atoms with Crippen molar-refractivity contribution in [1.82, 2.24) is 10.6 Å². The van der Waals surface area contributed by atoms with Gasteiger partial charge < -0.3 is 20.1 Å². The van der Waals surface area contributed by atoms with Crippen LogP contribution >= 0.6 is 11.6 Å². The predicted molar refractivity (Wildman–Crippen MR) is 95.4 cm³/mol. The number of ketones is 1. The number of carbonyl (C=O) groups is 2. The highest BCUT2D eigenvalue weighted by Gasteiger charge is 2.38. The SMILES string of the molecule is C=C1NC(=O)N[C@H](c2ccc3c(c2)OCO3)[C@@H]1C(=O)c1ccc(Cl)cc1. The van der Waals surface area contributed by atoms with Gasteiger partial charge in [0.1, 0.15) is 0 Å². The summed E-state index contributed by atoms with van der Waals surface area (Å²) in [7, 11) is 0. The molecule has 6 nitrogen and oxygen atoms in total. The first-order chi connectivity index (χ1) is 12.5. The van der Waals surface area contributed by atoms with Crippen LogP contribution in [0.15, 0.2) is 54.7 Å². The van der Waals surface area contributed by atoms with Gasteiger partial charge in [-0.1, -0.05) is 24.2 Å². The third-order valence-electron chi connectivity index (χ3n) is 4.44. The molecule has 2 heterocycles. The van der Waals surface area contributed by atoms with Gasteiger partial charge in [0.15, 0.2) is 17.3 Å². The molecule has 26 heavy (non-hydrogen) atoms. The van der Waals surface area contributed by atoms with Crippen molar-refractivity contribution < 1.29 is 19.1 Å². The van der Waals surface area contributed by atoms with E-state index < -0.39 is 18.0 Å². The number of Topliss-reactive ketones (excluding diaryl/α,β-unsaturated/α-hetero) is 1. The van der Waals surface area contributed by atoms with Crippen LogP contribution in [0, 0.1) is 5.92 Å². The fourth-order valence-electron chi connectivity index (χ4n) is 3.17. The van der Waals surface area contributed by atoms with Crippen LogP contribution in [0.4, 0.5) is 4.79 Å². The lowest BCUT2D eigenvalue weighted by atomic mass is 9.83. The minimum absolute atomic E-state index is 0.150. The Hall–Kier alpha value is -2.99. The molecule has 0 saturated carbocycles. The van der Waals surface area contributed by atoms with E-state index in [1.807, 2.05) is 0 Å². The second kappa shape index (κ2) is 6.38. The standard InChI is InChI=1S/C19H15ClN2O4/c1-10-16(18(23)11-2-5-13(20)6-3-11)17(22-19(24)21-10)12-4-7-14-15(8-12)26-9-25-14/h2-8,16-17H,1,9H2,(H2,21,22,24)/t16-,17-/m1/s1. The average molecular weight is 371 g/mol. The molecule has 2 aliphatic rings.